The predicted octanol–water partition coefficient (Wildman–Crippen LogP) is 4.56. The molecular weight excluding hydrogens is 352 g/mol. The number of nitro benzene ring substituents is 1. The van der Waals surface area contributed by atoms with Crippen LogP contribution in [0.3, 0.4) is 0 Å². The van der Waals surface area contributed by atoms with Gasteiger partial charge < -0.3 is 4.74 Å². The van der Waals surface area contributed by atoms with Gasteiger partial charge in [0.25, 0.3) is 5.69 Å². The SMILES string of the molecule is CCOc1ccc(C=NNc2nc(-c3ccc([N+](=O)[O-])cc3)cs2)cc1. The number of ether oxygens (including phenoxy) is 1. The van der Waals surface area contributed by atoms with Gasteiger partial charge in [-0.3, -0.25) is 15.5 Å². The van der Waals surface area contributed by atoms with Gasteiger partial charge in [0, 0.05) is 23.1 Å². The van der Waals surface area contributed by atoms with Crippen LogP contribution in [0.15, 0.2) is 59.0 Å². The molecule has 2 aromatic carbocycles. The molecule has 8 heteroatoms. The fourth-order valence-electron chi connectivity index (χ4n) is 2.19. The van der Waals surface area contributed by atoms with Gasteiger partial charge in [0.2, 0.25) is 5.13 Å². The lowest BCUT2D eigenvalue weighted by atomic mass is 10.1. The summed E-state index contributed by atoms with van der Waals surface area (Å²) in [7, 11) is 0. The molecule has 1 heterocycles. The summed E-state index contributed by atoms with van der Waals surface area (Å²) < 4.78 is 5.39. The second-order valence-electron chi connectivity index (χ2n) is 5.21. The van der Waals surface area contributed by atoms with Gasteiger partial charge in [-0.1, -0.05) is 0 Å². The zero-order valence-electron chi connectivity index (χ0n) is 14.0. The van der Waals surface area contributed by atoms with Crippen LogP contribution in [0, 0.1) is 10.1 Å². The van der Waals surface area contributed by atoms with Crippen molar-refractivity contribution in [2.45, 2.75) is 6.92 Å². The molecule has 0 saturated heterocycles. The van der Waals surface area contributed by atoms with Gasteiger partial charge in [-0.15, -0.1) is 11.3 Å². The zero-order chi connectivity index (χ0) is 18.4. The molecule has 132 valence electrons. The normalized spacial score (nSPS) is 10.8. The van der Waals surface area contributed by atoms with Crippen LogP contribution in [0.5, 0.6) is 5.75 Å². The summed E-state index contributed by atoms with van der Waals surface area (Å²) in [5.41, 5.74) is 5.44. The number of thiazole rings is 1. The maximum atomic E-state index is 10.7. The Morgan fingerprint density at radius 1 is 1.23 bits per heavy atom. The number of anilines is 1. The van der Waals surface area contributed by atoms with Crippen LogP contribution in [-0.2, 0) is 0 Å². The van der Waals surface area contributed by atoms with Gasteiger partial charge in [-0.25, -0.2) is 4.98 Å². The van der Waals surface area contributed by atoms with E-state index in [4.69, 9.17) is 4.74 Å². The molecule has 0 amide bonds. The number of non-ortho nitro benzene ring substituents is 1. The van der Waals surface area contributed by atoms with Crippen molar-refractivity contribution in [1.29, 1.82) is 0 Å². The van der Waals surface area contributed by atoms with Crippen molar-refractivity contribution < 1.29 is 9.66 Å². The highest BCUT2D eigenvalue weighted by molar-refractivity contribution is 7.14. The summed E-state index contributed by atoms with van der Waals surface area (Å²) in [5, 5.41) is 17.4. The number of hydrazone groups is 1. The average Bonchev–Trinajstić information content (AvgIpc) is 3.12. The summed E-state index contributed by atoms with van der Waals surface area (Å²) >= 11 is 1.41. The van der Waals surface area contributed by atoms with E-state index in [1.807, 2.05) is 36.6 Å². The van der Waals surface area contributed by atoms with Crippen molar-refractivity contribution in [2.75, 3.05) is 12.0 Å². The Morgan fingerprint density at radius 2 is 1.96 bits per heavy atom. The van der Waals surface area contributed by atoms with E-state index in [0.717, 1.165) is 22.6 Å². The second-order valence-corrected chi connectivity index (χ2v) is 6.07. The summed E-state index contributed by atoms with van der Waals surface area (Å²) in [6.07, 6.45) is 1.70. The number of hydrogen-bond donors (Lipinski definition) is 1. The fraction of sp³-hybridized carbons (Fsp3) is 0.111. The molecule has 0 aliphatic heterocycles. The number of rotatable bonds is 7. The molecule has 0 radical (unpaired) electrons. The molecule has 0 saturated carbocycles. The van der Waals surface area contributed by atoms with E-state index in [1.165, 1.54) is 23.5 Å². The molecule has 0 unspecified atom stereocenters. The first kappa shape index (κ1) is 17.6. The molecule has 0 aliphatic carbocycles. The Balaban J connectivity index is 1.62. The Labute approximate surface area is 154 Å². The van der Waals surface area contributed by atoms with E-state index < -0.39 is 4.92 Å². The van der Waals surface area contributed by atoms with Gasteiger partial charge in [-0.2, -0.15) is 5.10 Å². The van der Waals surface area contributed by atoms with Gasteiger partial charge in [0.1, 0.15) is 5.75 Å². The monoisotopic (exact) mass is 368 g/mol. The van der Waals surface area contributed by atoms with Gasteiger partial charge >= 0.3 is 0 Å². The average molecular weight is 368 g/mol. The van der Waals surface area contributed by atoms with Crippen LogP contribution >= 0.6 is 11.3 Å². The number of benzene rings is 2. The summed E-state index contributed by atoms with van der Waals surface area (Å²) in [6.45, 7) is 2.58. The topological polar surface area (TPSA) is 89.7 Å². The highest BCUT2D eigenvalue weighted by Gasteiger charge is 2.07. The number of nitrogens with one attached hydrogen (secondary N) is 1. The van der Waals surface area contributed by atoms with Crippen molar-refractivity contribution in [1.82, 2.24) is 4.98 Å². The lowest BCUT2D eigenvalue weighted by molar-refractivity contribution is -0.384. The maximum absolute atomic E-state index is 10.7. The molecule has 26 heavy (non-hydrogen) atoms. The van der Waals surface area contributed by atoms with E-state index >= 15 is 0 Å². The minimum atomic E-state index is -0.423. The number of nitro groups is 1. The van der Waals surface area contributed by atoms with Gasteiger partial charge in [-0.05, 0) is 48.9 Å². The molecule has 1 aromatic heterocycles. The van der Waals surface area contributed by atoms with Crippen molar-refractivity contribution in [3.63, 3.8) is 0 Å². The minimum Gasteiger partial charge on any atom is -0.494 e. The molecule has 0 fully saturated rings. The van der Waals surface area contributed by atoms with E-state index in [-0.39, 0.29) is 5.69 Å². The van der Waals surface area contributed by atoms with Crippen LogP contribution in [0.4, 0.5) is 10.8 Å². The molecule has 1 N–H and O–H groups in total. The molecule has 7 nitrogen and oxygen atoms in total. The summed E-state index contributed by atoms with van der Waals surface area (Å²) in [4.78, 5) is 14.7. The Morgan fingerprint density at radius 3 is 2.62 bits per heavy atom. The molecule has 0 bridgehead atoms. The maximum Gasteiger partial charge on any atom is 0.269 e. The van der Waals surface area contributed by atoms with Gasteiger partial charge in [0.15, 0.2) is 0 Å². The number of nitrogens with zero attached hydrogens (tertiary/aromatic N) is 3. The van der Waals surface area contributed by atoms with E-state index in [9.17, 15) is 10.1 Å². The molecule has 3 aromatic rings. The standard InChI is InChI=1S/C18H16N4O3S/c1-2-25-16-9-3-13(4-10-16)11-19-21-18-20-17(12-26-18)14-5-7-15(8-6-14)22(23)24/h3-12H,2H2,1H3,(H,20,21). The first-order valence-electron chi connectivity index (χ1n) is 7.88. The number of hydrogen-bond acceptors (Lipinski definition) is 7. The third-order valence-electron chi connectivity index (χ3n) is 3.44. The third kappa shape index (κ3) is 4.42. The Kier molecular flexibility index (Phi) is 5.55. The molecular formula is C18H16N4O3S. The highest BCUT2D eigenvalue weighted by atomic mass is 32.1. The summed E-state index contributed by atoms with van der Waals surface area (Å²) in [5.74, 6) is 0.824. The van der Waals surface area contributed by atoms with Crippen molar-refractivity contribution in [2.24, 2.45) is 5.10 Å². The fourth-order valence-corrected chi connectivity index (χ4v) is 2.86. The van der Waals surface area contributed by atoms with E-state index in [1.54, 1.807) is 18.3 Å². The third-order valence-corrected chi connectivity index (χ3v) is 4.19. The van der Waals surface area contributed by atoms with Gasteiger partial charge in [0.05, 0.1) is 23.4 Å². The first-order chi connectivity index (χ1) is 12.7. The largest absolute Gasteiger partial charge is 0.494 e. The zero-order valence-corrected chi connectivity index (χ0v) is 14.8. The highest BCUT2D eigenvalue weighted by Crippen LogP contribution is 2.26. The Bertz CT molecular complexity index is 905. The van der Waals surface area contributed by atoms with E-state index in [2.05, 4.69) is 15.5 Å². The van der Waals surface area contributed by atoms with Crippen molar-refractivity contribution >= 4 is 28.4 Å². The van der Waals surface area contributed by atoms with Crippen molar-refractivity contribution in [3.8, 4) is 17.0 Å². The molecule has 0 atom stereocenters. The van der Waals surface area contributed by atoms with E-state index in [0.29, 0.717) is 11.7 Å². The quantitative estimate of drug-likeness (QED) is 0.375. The van der Waals surface area contributed by atoms with Crippen LogP contribution in [0.1, 0.15) is 12.5 Å². The van der Waals surface area contributed by atoms with Crippen LogP contribution in [-0.4, -0.2) is 22.7 Å². The van der Waals surface area contributed by atoms with Crippen LogP contribution < -0.4 is 10.2 Å². The lowest BCUT2D eigenvalue weighted by Gasteiger charge is -2.02. The first-order valence-corrected chi connectivity index (χ1v) is 8.76. The second kappa shape index (κ2) is 8.21. The van der Waals surface area contributed by atoms with Crippen molar-refractivity contribution in [3.05, 3.63) is 69.6 Å². The minimum absolute atomic E-state index is 0.0577. The predicted molar refractivity (Wildman–Crippen MR) is 103 cm³/mol. The molecule has 3 rings (SSSR count). The smallest absolute Gasteiger partial charge is 0.269 e. The Hall–Kier alpha value is -3.26. The molecule has 0 spiro atoms. The number of aromatic nitrogens is 1. The van der Waals surface area contributed by atoms with Crippen LogP contribution in [0.25, 0.3) is 11.3 Å². The summed E-state index contributed by atoms with van der Waals surface area (Å²) in [6, 6.07) is 13.9. The lowest BCUT2D eigenvalue weighted by Crippen LogP contribution is -1.92. The molecule has 0 aliphatic rings. The van der Waals surface area contributed by atoms with Crippen LogP contribution in [0.2, 0.25) is 0 Å².